The monoisotopic (exact) mass is 353 g/mol. The molecular weight excluding hydrogens is 337 g/mol. The first-order chi connectivity index (χ1) is 10.9. The van der Waals surface area contributed by atoms with Crippen LogP contribution in [-0.4, -0.2) is 41.9 Å². The normalized spacial score (nSPS) is 21.0. The van der Waals surface area contributed by atoms with Crippen molar-refractivity contribution >= 4 is 35.1 Å². The van der Waals surface area contributed by atoms with Crippen LogP contribution in [-0.2, 0) is 4.79 Å². The van der Waals surface area contributed by atoms with Crippen LogP contribution >= 0.6 is 23.2 Å². The second-order valence-electron chi connectivity index (χ2n) is 5.69. The number of benzene rings is 1. The van der Waals surface area contributed by atoms with E-state index in [1.54, 1.807) is 30.1 Å². The van der Waals surface area contributed by atoms with Crippen LogP contribution in [0.25, 0.3) is 0 Å². The van der Waals surface area contributed by atoms with Crippen molar-refractivity contribution in [2.24, 2.45) is 0 Å². The Morgan fingerprint density at radius 3 is 2.70 bits per heavy atom. The van der Waals surface area contributed by atoms with E-state index in [2.05, 4.69) is 5.32 Å². The van der Waals surface area contributed by atoms with Crippen LogP contribution < -0.4 is 5.32 Å². The molecule has 0 saturated heterocycles. The molecule has 7 heteroatoms. The van der Waals surface area contributed by atoms with Gasteiger partial charge >= 0.3 is 6.03 Å². The minimum Gasteiger partial charge on any atom is -0.333 e. The topological polar surface area (TPSA) is 52.7 Å². The summed E-state index contributed by atoms with van der Waals surface area (Å²) in [7, 11) is 1.67. The number of nitrogens with one attached hydrogen (secondary N) is 1. The fourth-order valence-corrected chi connectivity index (χ4v) is 3.56. The molecule has 1 N–H and O–H groups in total. The number of hydrogen-bond acceptors (Lipinski definition) is 2. The van der Waals surface area contributed by atoms with E-state index in [-0.39, 0.29) is 11.9 Å². The Hall–Kier alpha value is -1.72. The highest BCUT2D eigenvalue weighted by atomic mass is 35.5. The highest BCUT2D eigenvalue weighted by molar-refractivity contribution is 6.35. The summed E-state index contributed by atoms with van der Waals surface area (Å²) in [6.07, 6.45) is 0.865. The van der Waals surface area contributed by atoms with Crippen LogP contribution in [0.4, 0.5) is 4.79 Å². The molecule has 122 valence electrons. The van der Waals surface area contributed by atoms with Gasteiger partial charge in [0.2, 0.25) is 0 Å². The average molecular weight is 354 g/mol. The number of likely N-dealkylation sites (N-methyl/N-ethyl adjacent to an activating group) is 1. The molecule has 0 radical (unpaired) electrons. The average Bonchev–Trinajstić information content (AvgIpc) is 2.82. The van der Waals surface area contributed by atoms with Gasteiger partial charge in [-0.15, -0.1) is 0 Å². The predicted molar refractivity (Wildman–Crippen MR) is 89.4 cm³/mol. The Kier molecular flexibility index (Phi) is 4.25. The van der Waals surface area contributed by atoms with E-state index in [9.17, 15) is 9.59 Å². The summed E-state index contributed by atoms with van der Waals surface area (Å²) < 4.78 is 0. The van der Waals surface area contributed by atoms with Crippen molar-refractivity contribution in [3.63, 3.8) is 0 Å². The molecule has 0 unspecified atom stereocenters. The van der Waals surface area contributed by atoms with Crippen molar-refractivity contribution in [1.29, 1.82) is 0 Å². The molecule has 0 bridgehead atoms. The van der Waals surface area contributed by atoms with E-state index in [0.717, 1.165) is 12.1 Å². The van der Waals surface area contributed by atoms with Crippen LogP contribution in [0.2, 0.25) is 10.0 Å². The molecule has 0 aliphatic carbocycles. The Morgan fingerprint density at radius 1 is 1.30 bits per heavy atom. The zero-order chi connectivity index (χ0) is 16.7. The van der Waals surface area contributed by atoms with Gasteiger partial charge in [-0.25, -0.2) is 4.79 Å². The maximum absolute atomic E-state index is 12.8. The van der Waals surface area contributed by atoms with Crippen LogP contribution in [0.1, 0.15) is 24.9 Å². The number of halogens is 2. The Morgan fingerprint density at radius 2 is 2.04 bits per heavy atom. The van der Waals surface area contributed by atoms with E-state index in [1.165, 1.54) is 4.90 Å². The molecule has 3 amide bonds. The molecule has 2 aliphatic heterocycles. The minimum absolute atomic E-state index is 0.0512. The Labute approximate surface area is 144 Å². The smallest absolute Gasteiger partial charge is 0.322 e. The molecular formula is C16H17Cl2N3O2. The molecule has 0 fully saturated rings. The van der Waals surface area contributed by atoms with Gasteiger partial charge in [0, 0.05) is 23.6 Å². The quantitative estimate of drug-likeness (QED) is 0.906. The third kappa shape index (κ3) is 2.68. The third-order valence-electron chi connectivity index (χ3n) is 4.20. The minimum atomic E-state index is -0.548. The summed E-state index contributed by atoms with van der Waals surface area (Å²) in [5.74, 6) is -0.0512. The van der Waals surface area contributed by atoms with Crippen molar-refractivity contribution in [1.82, 2.24) is 15.1 Å². The lowest BCUT2D eigenvalue weighted by Gasteiger charge is -2.31. The molecule has 0 spiro atoms. The fourth-order valence-electron chi connectivity index (χ4n) is 3.04. The molecule has 0 aromatic heterocycles. The standard InChI is InChI=1S/C16H17Cl2N3O2/c1-3-6-21-8-12-13(15(21)22)14(19-16(23)20(12)2)10-5-4-9(17)7-11(10)18/h4-5,7,14H,3,6,8H2,1-2H3,(H,19,23)/t14-/m1/s1. The van der Waals surface area contributed by atoms with Gasteiger partial charge in [-0.05, 0) is 24.1 Å². The van der Waals surface area contributed by atoms with Gasteiger partial charge < -0.3 is 10.2 Å². The molecule has 2 aliphatic rings. The van der Waals surface area contributed by atoms with Gasteiger partial charge in [0.15, 0.2) is 0 Å². The molecule has 1 aromatic carbocycles. The van der Waals surface area contributed by atoms with Gasteiger partial charge in [-0.1, -0.05) is 36.2 Å². The number of rotatable bonds is 3. The van der Waals surface area contributed by atoms with Crippen LogP contribution in [0.5, 0.6) is 0 Å². The zero-order valence-corrected chi connectivity index (χ0v) is 14.4. The van der Waals surface area contributed by atoms with E-state index in [4.69, 9.17) is 23.2 Å². The summed E-state index contributed by atoms with van der Waals surface area (Å²) in [6, 6.07) is 4.28. The van der Waals surface area contributed by atoms with Crippen molar-refractivity contribution in [3.05, 3.63) is 45.1 Å². The summed E-state index contributed by atoms with van der Waals surface area (Å²) in [5, 5.41) is 3.80. The summed E-state index contributed by atoms with van der Waals surface area (Å²) in [4.78, 5) is 28.3. The lowest BCUT2D eigenvalue weighted by atomic mass is 9.95. The van der Waals surface area contributed by atoms with E-state index in [0.29, 0.717) is 34.3 Å². The molecule has 0 saturated carbocycles. The second-order valence-corrected chi connectivity index (χ2v) is 6.54. The fraction of sp³-hybridized carbons (Fsp3) is 0.375. The highest BCUT2D eigenvalue weighted by Crippen LogP contribution is 2.38. The SMILES string of the molecule is CCCN1CC2=C(C1=O)[C@@H](c1ccc(Cl)cc1Cl)NC(=O)N2C. The summed E-state index contributed by atoms with van der Waals surface area (Å²) in [6.45, 7) is 3.13. The second kappa shape index (κ2) is 6.06. The first-order valence-electron chi connectivity index (χ1n) is 7.45. The van der Waals surface area contributed by atoms with Gasteiger partial charge in [0.1, 0.15) is 0 Å². The number of hydrogen-bond donors (Lipinski definition) is 1. The van der Waals surface area contributed by atoms with E-state index in [1.807, 2.05) is 6.92 Å². The Balaban J connectivity index is 2.06. The van der Waals surface area contributed by atoms with Crippen LogP contribution in [0, 0.1) is 0 Å². The van der Waals surface area contributed by atoms with Crippen molar-refractivity contribution in [2.45, 2.75) is 19.4 Å². The number of nitrogens with zero attached hydrogens (tertiary/aromatic N) is 2. The number of amides is 3. The number of carbonyl (C=O) groups excluding carboxylic acids is 2. The van der Waals surface area contributed by atoms with Crippen LogP contribution in [0.3, 0.4) is 0 Å². The van der Waals surface area contributed by atoms with Gasteiger partial charge in [0.25, 0.3) is 5.91 Å². The third-order valence-corrected chi connectivity index (χ3v) is 4.76. The molecule has 23 heavy (non-hydrogen) atoms. The highest BCUT2D eigenvalue weighted by Gasteiger charge is 2.43. The molecule has 5 nitrogen and oxygen atoms in total. The first kappa shape index (κ1) is 16.1. The predicted octanol–water partition coefficient (Wildman–Crippen LogP) is 3.20. The number of urea groups is 1. The molecule has 2 heterocycles. The molecule has 3 rings (SSSR count). The Bertz CT molecular complexity index is 717. The number of carbonyl (C=O) groups is 2. The largest absolute Gasteiger partial charge is 0.333 e. The molecule has 1 atom stereocenters. The molecule has 1 aromatic rings. The van der Waals surface area contributed by atoms with Gasteiger partial charge in [0.05, 0.1) is 23.9 Å². The van der Waals surface area contributed by atoms with Gasteiger partial charge in [-0.2, -0.15) is 0 Å². The first-order valence-corrected chi connectivity index (χ1v) is 8.21. The maximum atomic E-state index is 12.8. The lowest BCUT2D eigenvalue weighted by Crippen LogP contribution is -2.45. The maximum Gasteiger partial charge on any atom is 0.322 e. The van der Waals surface area contributed by atoms with E-state index >= 15 is 0 Å². The van der Waals surface area contributed by atoms with E-state index < -0.39 is 6.04 Å². The summed E-state index contributed by atoms with van der Waals surface area (Å²) >= 11 is 12.2. The zero-order valence-electron chi connectivity index (χ0n) is 12.9. The van der Waals surface area contributed by atoms with Crippen molar-refractivity contribution < 1.29 is 9.59 Å². The van der Waals surface area contributed by atoms with Crippen LogP contribution in [0.15, 0.2) is 29.5 Å². The van der Waals surface area contributed by atoms with Crippen molar-refractivity contribution in [3.8, 4) is 0 Å². The van der Waals surface area contributed by atoms with Gasteiger partial charge in [-0.3, -0.25) is 9.69 Å². The summed E-state index contributed by atoms with van der Waals surface area (Å²) in [5.41, 5.74) is 2.00. The van der Waals surface area contributed by atoms with Crippen molar-refractivity contribution in [2.75, 3.05) is 20.1 Å². The lowest BCUT2D eigenvalue weighted by molar-refractivity contribution is -0.125.